The highest BCUT2D eigenvalue weighted by Gasteiger charge is 2.49. The summed E-state index contributed by atoms with van der Waals surface area (Å²) in [5.74, 6) is 0. The Balaban J connectivity index is 1.75. The van der Waals surface area contributed by atoms with Crippen molar-refractivity contribution in [1.29, 1.82) is 0 Å². The molecule has 2 aromatic rings. The number of hydrogen-bond donors (Lipinski definition) is 1. The first kappa shape index (κ1) is 20.2. The molecule has 154 valence electrons. The molecule has 1 aliphatic carbocycles. The lowest BCUT2D eigenvalue weighted by Gasteiger charge is -2.48. The van der Waals surface area contributed by atoms with Gasteiger partial charge in [-0.2, -0.15) is 0 Å². The highest BCUT2D eigenvalue weighted by molar-refractivity contribution is 5.68. The van der Waals surface area contributed by atoms with Crippen LogP contribution in [0.4, 0.5) is 0 Å². The fourth-order valence-corrected chi connectivity index (χ4v) is 6.03. The van der Waals surface area contributed by atoms with E-state index in [0.29, 0.717) is 6.04 Å². The van der Waals surface area contributed by atoms with Crippen LogP contribution in [-0.2, 0) is 0 Å². The van der Waals surface area contributed by atoms with Crippen LogP contribution in [0.1, 0.15) is 73.7 Å². The van der Waals surface area contributed by atoms with Crippen molar-refractivity contribution in [2.45, 2.75) is 76.9 Å². The third-order valence-corrected chi connectivity index (χ3v) is 7.37. The van der Waals surface area contributed by atoms with Crippen molar-refractivity contribution in [3.8, 4) is 0 Å². The lowest BCUT2D eigenvalue weighted by molar-refractivity contribution is 0.0524. The number of benzene rings is 2. The fourth-order valence-electron chi connectivity index (χ4n) is 6.03. The van der Waals surface area contributed by atoms with Gasteiger partial charge in [-0.3, -0.25) is 4.90 Å². The topological polar surface area (TPSA) is 15.3 Å². The van der Waals surface area contributed by atoms with E-state index in [1.54, 1.807) is 0 Å². The second kappa shape index (κ2) is 8.36. The molecular weight excluding hydrogens is 352 g/mol. The fraction of sp³-hybridized carbons (Fsp3) is 0.481. The van der Waals surface area contributed by atoms with Gasteiger partial charge in [-0.1, -0.05) is 68.0 Å². The zero-order chi connectivity index (χ0) is 20.4. The molecule has 2 unspecified atom stereocenters. The van der Waals surface area contributed by atoms with Gasteiger partial charge in [0, 0.05) is 22.8 Å². The van der Waals surface area contributed by atoms with Gasteiger partial charge in [0.05, 0.1) is 6.04 Å². The van der Waals surface area contributed by atoms with Crippen LogP contribution in [0, 0.1) is 13.8 Å². The van der Waals surface area contributed by atoms with Crippen molar-refractivity contribution in [2.75, 3.05) is 6.54 Å². The number of nitrogens with zero attached hydrogens (tertiary/aromatic N) is 1. The maximum atomic E-state index is 4.53. The monoisotopic (exact) mass is 388 g/mol. The molecule has 0 bridgehead atoms. The molecule has 2 heteroatoms. The summed E-state index contributed by atoms with van der Waals surface area (Å²) < 4.78 is 0. The Bertz CT molecular complexity index is 828. The van der Waals surface area contributed by atoms with Crippen LogP contribution >= 0.6 is 0 Å². The average molecular weight is 389 g/mol. The Kier molecular flexibility index (Phi) is 5.83. The van der Waals surface area contributed by atoms with Gasteiger partial charge in [-0.15, -0.1) is 0 Å². The highest BCUT2D eigenvalue weighted by Crippen LogP contribution is 2.48. The van der Waals surface area contributed by atoms with Crippen molar-refractivity contribution in [2.24, 2.45) is 0 Å². The Hall–Kier alpha value is -2.06. The van der Waals surface area contributed by atoms with E-state index < -0.39 is 0 Å². The number of aryl methyl sites for hydroxylation is 2. The average Bonchev–Trinajstić information content (AvgIpc) is 3.36. The molecule has 0 spiro atoms. The number of hydrogen-bond acceptors (Lipinski definition) is 2. The molecule has 4 rings (SSSR count). The van der Waals surface area contributed by atoms with E-state index in [9.17, 15) is 0 Å². The van der Waals surface area contributed by atoms with Crippen molar-refractivity contribution in [3.05, 3.63) is 77.4 Å². The Morgan fingerprint density at radius 3 is 2.24 bits per heavy atom. The first-order chi connectivity index (χ1) is 14.0. The predicted molar refractivity (Wildman–Crippen MR) is 124 cm³/mol. The summed E-state index contributed by atoms with van der Waals surface area (Å²) in [7, 11) is 0. The summed E-state index contributed by atoms with van der Waals surface area (Å²) in [6.45, 7) is 12.6. The molecule has 1 saturated carbocycles. The Morgan fingerprint density at radius 1 is 1.00 bits per heavy atom. The third kappa shape index (κ3) is 3.75. The van der Waals surface area contributed by atoms with Gasteiger partial charge in [0.2, 0.25) is 0 Å². The van der Waals surface area contributed by atoms with Crippen LogP contribution in [0.25, 0.3) is 5.70 Å². The molecular formula is C27H36N2. The molecule has 29 heavy (non-hydrogen) atoms. The third-order valence-electron chi connectivity index (χ3n) is 7.37. The van der Waals surface area contributed by atoms with Crippen molar-refractivity contribution in [1.82, 2.24) is 10.2 Å². The summed E-state index contributed by atoms with van der Waals surface area (Å²) >= 11 is 0. The standard InChI is InChI=1S/C27H36N2/c1-20-12-10-13-21(2)25(20)23(4)28-26(24-15-6-5-7-16-24)27(17-8-9-18-27)29-19-11-14-22(29)3/h5-7,10,12-13,15-16,22,26,28H,4,8-9,11,14,17-19H2,1-3H3. The van der Waals surface area contributed by atoms with Crippen LogP contribution in [0.2, 0.25) is 0 Å². The lowest BCUT2D eigenvalue weighted by Crippen LogP contribution is -2.55. The molecule has 1 heterocycles. The van der Waals surface area contributed by atoms with E-state index in [-0.39, 0.29) is 11.6 Å². The largest absolute Gasteiger partial charge is 0.376 e. The molecule has 0 radical (unpaired) electrons. The second-order valence-corrected chi connectivity index (χ2v) is 9.23. The molecule has 1 aliphatic heterocycles. The van der Waals surface area contributed by atoms with Crippen molar-refractivity contribution < 1.29 is 0 Å². The van der Waals surface area contributed by atoms with E-state index in [4.69, 9.17) is 0 Å². The van der Waals surface area contributed by atoms with E-state index in [2.05, 4.69) is 86.1 Å². The van der Waals surface area contributed by atoms with E-state index in [1.165, 1.54) is 67.3 Å². The van der Waals surface area contributed by atoms with Crippen LogP contribution in [-0.4, -0.2) is 23.0 Å². The summed E-state index contributed by atoms with van der Waals surface area (Å²) in [4.78, 5) is 2.84. The first-order valence-electron chi connectivity index (χ1n) is 11.4. The summed E-state index contributed by atoms with van der Waals surface area (Å²) in [5.41, 5.74) is 6.50. The zero-order valence-corrected chi connectivity index (χ0v) is 18.4. The van der Waals surface area contributed by atoms with E-state index in [1.807, 2.05) is 0 Å². The van der Waals surface area contributed by atoms with Gasteiger partial charge < -0.3 is 5.32 Å². The number of nitrogens with one attached hydrogen (secondary N) is 1. The summed E-state index contributed by atoms with van der Waals surface area (Å²) in [6.07, 6.45) is 7.82. The van der Waals surface area contributed by atoms with Crippen molar-refractivity contribution in [3.63, 3.8) is 0 Å². The first-order valence-corrected chi connectivity index (χ1v) is 11.4. The predicted octanol–water partition coefficient (Wildman–Crippen LogP) is 6.40. The molecule has 1 N–H and O–H groups in total. The molecule has 2 fully saturated rings. The zero-order valence-electron chi connectivity index (χ0n) is 18.4. The van der Waals surface area contributed by atoms with E-state index >= 15 is 0 Å². The molecule has 2 aliphatic rings. The lowest BCUT2D eigenvalue weighted by atomic mass is 9.80. The summed E-state index contributed by atoms with van der Waals surface area (Å²) in [6, 6.07) is 18.5. The molecule has 1 saturated heterocycles. The minimum Gasteiger partial charge on any atom is -0.376 e. The minimum atomic E-state index is 0.177. The Labute approximate surface area is 177 Å². The minimum absolute atomic E-state index is 0.177. The molecule has 0 amide bonds. The number of likely N-dealkylation sites (tertiary alicyclic amines) is 1. The van der Waals surface area contributed by atoms with Crippen LogP contribution in [0.3, 0.4) is 0 Å². The molecule has 0 aromatic heterocycles. The molecule has 2 atom stereocenters. The maximum absolute atomic E-state index is 4.53. The SMILES string of the molecule is C=C(NC(c1ccccc1)C1(N2CCCC2C)CCCC1)c1c(C)cccc1C. The second-order valence-electron chi connectivity index (χ2n) is 9.23. The van der Waals surface area contributed by atoms with Crippen molar-refractivity contribution >= 4 is 5.70 Å². The Morgan fingerprint density at radius 2 is 1.66 bits per heavy atom. The molecule has 2 nitrogen and oxygen atoms in total. The van der Waals surface area contributed by atoms with Crippen LogP contribution < -0.4 is 5.32 Å². The smallest absolute Gasteiger partial charge is 0.0697 e. The van der Waals surface area contributed by atoms with Gasteiger partial charge >= 0.3 is 0 Å². The quantitative estimate of drug-likeness (QED) is 0.616. The van der Waals surface area contributed by atoms with E-state index in [0.717, 1.165) is 5.70 Å². The normalized spacial score (nSPS) is 22.5. The van der Waals surface area contributed by atoms with Gasteiger partial charge in [0.25, 0.3) is 0 Å². The highest BCUT2D eigenvalue weighted by atomic mass is 15.3. The van der Waals surface area contributed by atoms with Gasteiger partial charge in [-0.05, 0) is 69.7 Å². The number of rotatable bonds is 6. The van der Waals surface area contributed by atoms with Crippen LogP contribution in [0.5, 0.6) is 0 Å². The maximum Gasteiger partial charge on any atom is 0.0697 e. The molecule has 2 aromatic carbocycles. The van der Waals surface area contributed by atoms with Gasteiger partial charge in [0.15, 0.2) is 0 Å². The van der Waals surface area contributed by atoms with Crippen LogP contribution in [0.15, 0.2) is 55.1 Å². The van der Waals surface area contributed by atoms with Gasteiger partial charge in [-0.25, -0.2) is 0 Å². The van der Waals surface area contributed by atoms with Gasteiger partial charge in [0.1, 0.15) is 0 Å². The summed E-state index contributed by atoms with van der Waals surface area (Å²) in [5, 5.41) is 3.98.